The molecule has 17 heavy (non-hydrogen) atoms. The first-order chi connectivity index (χ1) is 8.08. The summed E-state index contributed by atoms with van der Waals surface area (Å²) in [5.74, 6) is 0.308. The predicted octanol–water partition coefficient (Wildman–Crippen LogP) is 4.13. The molecular formula is C12H14BrFN2S. The molecule has 1 heterocycles. The summed E-state index contributed by atoms with van der Waals surface area (Å²) in [7, 11) is 0. The molecule has 1 aliphatic rings. The molecule has 0 saturated carbocycles. The number of rotatable bonds is 2. The summed E-state index contributed by atoms with van der Waals surface area (Å²) in [5.41, 5.74) is 0.461. The Balaban J connectivity index is 2.08. The zero-order valence-electron chi connectivity index (χ0n) is 9.71. The van der Waals surface area contributed by atoms with Gasteiger partial charge in [-0.15, -0.1) is 0 Å². The van der Waals surface area contributed by atoms with Crippen molar-refractivity contribution in [2.24, 2.45) is 10.9 Å². The Morgan fingerprint density at radius 2 is 2.29 bits per heavy atom. The number of aliphatic imine (C=N–C) groups is 1. The molecule has 0 fully saturated rings. The number of nitrogens with one attached hydrogen (secondary N) is 1. The third-order valence-electron chi connectivity index (χ3n) is 2.62. The van der Waals surface area contributed by atoms with Gasteiger partial charge in [-0.2, -0.15) is 0 Å². The maximum Gasteiger partial charge on any atom is 0.161 e. The molecule has 0 amide bonds. The highest BCUT2D eigenvalue weighted by atomic mass is 79.9. The van der Waals surface area contributed by atoms with E-state index < -0.39 is 0 Å². The minimum Gasteiger partial charge on any atom is -0.332 e. The van der Waals surface area contributed by atoms with Gasteiger partial charge in [0, 0.05) is 9.72 Å². The lowest BCUT2D eigenvalue weighted by molar-refractivity contribution is 0.621. The van der Waals surface area contributed by atoms with Crippen LogP contribution in [0.25, 0.3) is 0 Å². The highest BCUT2D eigenvalue weighted by molar-refractivity contribution is 9.10. The molecule has 0 aliphatic carbocycles. The van der Waals surface area contributed by atoms with Crippen molar-refractivity contribution < 1.29 is 4.39 Å². The van der Waals surface area contributed by atoms with Gasteiger partial charge in [-0.05, 0) is 34.0 Å². The van der Waals surface area contributed by atoms with Gasteiger partial charge < -0.3 is 5.32 Å². The molecule has 1 aromatic carbocycles. The van der Waals surface area contributed by atoms with Crippen LogP contribution in [0, 0.1) is 11.7 Å². The van der Waals surface area contributed by atoms with Gasteiger partial charge in [-0.25, -0.2) is 4.39 Å². The SMILES string of the molecule is CC(C)C1CN=C(Nc2c(F)cccc2Br)S1. The molecule has 2 rings (SSSR count). The van der Waals surface area contributed by atoms with E-state index in [1.165, 1.54) is 6.07 Å². The van der Waals surface area contributed by atoms with Crippen molar-refractivity contribution in [2.75, 3.05) is 11.9 Å². The van der Waals surface area contributed by atoms with Crippen LogP contribution in [-0.4, -0.2) is 17.0 Å². The Bertz CT molecular complexity index is 428. The van der Waals surface area contributed by atoms with Gasteiger partial charge in [0.15, 0.2) is 5.17 Å². The lowest BCUT2D eigenvalue weighted by atomic mass is 10.1. The number of anilines is 1. The number of halogens is 2. The zero-order chi connectivity index (χ0) is 12.4. The highest BCUT2D eigenvalue weighted by Crippen LogP contribution is 2.31. The van der Waals surface area contributed by atoms with Crippen LogP contribution >= 0.6 is 27.7 Å². The van der Waals surface area contributed by atoms with Crippen molar-refractivity contribution >= 4 is 38.5 Å². The van der Waals surface area contributed by atoms with Crippen LogP contribution in [0.4, 0.5) is 10.1 Å². The molecule has 0 spiro atoms. The van der Waals surface area contributed by atoms with Gasteiger partial charge in [0.25, 0.3) is 0 Å². The summed E-state index contributed by atoms with van der Waals surface area (Å²) in [5, 5.41) is 4.34. The Kier molecular flexibility index (Phi) is 4.09. The smallest absolute Gasteiger partial charge is 0.161 e. The quantitative estimate of drug-likeness (QED) is 0.887. The van der Waals surface area contributed by atoms with E-state index in [1.54, 1.807) is 17.8 Å². The molecule has 1 atom stereocenters. The van der Waals surface area contributed by atoms with Crippen molar-refractivity contribution in [3.05, 3.63) is 28.5 Å². The van der Waals surface area contributed by atoms with Crippen LogP contribution in [0.5, 0.6) is 0 Å². The van der Waals surface area contributed by atoms with Gasteiger partial charge in [-0.1, -0.05) is 31.7 Å². The molecule has 0 aromatic heterocycles. The summed E-state index contributed by atoms with van der Waals surface area (Å²) in [4.78, 5) is 4.40. The third kappa shape index (κ3) is 3.01. The number of hydrogen-bond donors (Lipinski definition) is 1. The van der Waals surface area contributed by atoms with E-state index in [4.69, 9.17) is 0 Å². The second kappa shape index (κ2) is 5.40. The van der Waals surface area contributed by atoms with Crippen molar-refractivity contribution in [3.8, 4) is 0 Å². The minimum atomic E-state index is -0.268. The first-order valence-electron chi connectivity index (χ1n) is 5.50. The maximum absolute atomic E-state index is 13.6. The van der Waals surface area contributed by atoms with Crippen molar-refractivity contribution in [3.63, 3.8) is 0 Å². The average Bonchev–Trinajstić information content (AvgIpc) is 2.72. The lowest BCUT2D eigenvalue weighted by Gasteiger charge is -2.13. The van der Waals surface area contributed by atoms with Gasteiger partial charge in [0.05, 0.1) is 12.2 Å². The summed E-state index contributed by atoms with van der Waals surface area (Å²) in [6.45, 7) is 5.15. The molecule has 0 saturated heterocycles. The van der Waals surface area contributed by atoms with Crippen molar-refractivity contribution in [1.82, 2.24) is 0 Å². The Hall–Kier alpha value is -0.550. The second-order valence-corrected chi connectivity index (χ2v) is 6.35. The predicted molar refractivity (Wildman–Crippen MR) is 76.2 cm³/mol. The highest BCUT2D eigenvalue weighted by Gasteiger charge is 2.23. The fourth-order valence-corrected chi connectivity index (χ4v) is 2.99. The van der Waals surface area contributed by atoms with E-state index in [-0.39, 0.29) is 5.82 Å². The van der Waals surface area contributed by atoms with Gasteiger partial charge >= 0.3 is 0 Å². The molecule has 1 aliphatic heterocycles. The van der Waals surface area contributed by atoms with E-state index in [0.717, 1.165) is 11.7 Å². The van der Waals surface area contributed by atoms with Crippen molar-refractivity contribution in [1.29, 1.82) is 0 Å². The molecule has 0 radical (unpaired) electrons. The van der Waals surface area contributed by atoms with Crippen LogP contribution < -0.4 is 5.32 Å². The third-order valence-corrected chi connectivity index (χ3v) is 4.73. The fourth-order valence-electron chi connectivity index (χ4n) is 1.53. The number of benzene rings is 1. The topological polar surface area (TPSA) is 24.4 Å². The number of amidine groups is 1. The molecule has 0 bridgehead atoms. The average molecular weight is 317 g/mol. The summed E-state index contributed by atoms with van der Waals surface area (Å²) in [6, 6.07) is 4.92. The number of thioether (sulfide) groups is 1. The first kappa shape index (κ1) is 12.9. The van der Waals surface area contributed by atoms with Crippen LogP contribution in [0.1, 0.15) is 13.8 Å². The monoisotopic (exact) mass is 316 g/mol. The van der Waals surface area contributed by atoms with E-state index in [9.17, 15) is 4.39 Å². The number of para-hydroxylation sites is 1. The van der Waals surface area contributed by atoms with Gasteiger partial charge in [0.2, 0.25) is 0 Å². The van der Waals surface area contributed by atoms with E-state index in [0.29, 0.717) is 21.3 Å². The molecule has 92 valence electrons. The van der Waals surface area contributed by atoms with E-state index >= 15 is 0 Å². The Morgan fingerprint density at radius 3 is 2.88 bits per heavy atom. The Labute approximate surface area is 113 Å². The second-order valence-electron chi connectivity index (χ2n) is 4.27. The van der Waals surface area contributed by atoms with Crippen LogP contribution in [0.2, 0.25) is 0 Å². The molecule has 1 unspecified atom stereocenters. The standard InChI is InChI=1S/C12H14BrFN2S/c1-7(2)10-6-15-12(17-10)16-11-8(13)4-3-5-9(11)14/h3-5,7,10H,6H2,1-2H3,(H,15,16). The lowest BCUT2D eigenvalue weighted by Crippen LogP contribution is -2.13. The summed E-state index contributed by atoms with van der Waals surface area (Å²) >= 11 is 5.01. The van der Waals surface area contributed by atoms with Crippen molar-refractivity contribution in [2.45, 2.75) is 19.1 Å². The molecule has 2 nitrogen and oxygen atoms in total. The molecule has 5 heteroatoms. The minimum absolute atomic E-state index is 0.268. The first-order valence-corrected chi connectivity index (χ1v) is 7.17. The van der Waals surface area contributed by atoms with Crippen LogP contribution in [-0.2, 0) is 0 Å². The summed E-state index contributed by atoms with van der Waals surface area (Å²) in [6.07, 6.45) is 0. The molecule has 1 N–H and O–H groups in total. The summed E-state index contributed by atoms with van der Waals surface area (Å²) < 4.78 is 14.3. The molecular weight excluding hydrogens is 303 g/mol. The van der Waals surface area contributed by atoms with E-state index in [2.05, 4.69) is 40.1 Å². The largest absolute Gasteiger partial charge is 0.332 e. The van der Waals surface area contributed by atoms with E-state index in [1.807, 2.05) is 6.07 Å². The molecule has 1 aromatic rings. The Morgan fingerprint density at radius 1 is 1.53 bits per heavy atom. The zero-order valence-corrected chi connectivity index (χ0v) is 12.1. The van der Waals surface area contributed by atoms with Crippen LogP contribution in [0.3, 0.4) is 0 Å². The van der Waals surface area contributed by atoms with Gasteiger partial charge in [0.1, 0.15) is 5.82 Å². The fraction of sp³-hybridized carbons (Fsp3) is 0.417. The number of nitrogens with zero attached hydrogens (tertiary/aromatic N) is 1. The normalized spacial score (nSPS) is 19.6. The van der Waals surface area contributed by atoms with Crippen LogP contribution in [0.15, 0.2) is 27.7 Å². The van der Waals surface area contributed by atoms with Gasteiger partial charge in [-0.3, -0.25) is 4.99 Å². The number of hydrogen-bond acceptors (Lipinski definition) is 3. The maximum atomic E-state index is 13.6.